The molecule has 0 aliphatic carbocycles. The van der Waals surface area contributed by atoms with Gasteiger partial charge in [0.1, 0.15) is 5.75 Å². The molecule has 0 fully saturated rings. The molecule has 0 saturated carbocycles. The maximum atomic E-state index is 12.4. The van der Waals surface area contributed by atoms with E-state index in [1.54, 1.807) is 18.2 Å². The number of hydrogen-bond donors (Lipinski definition) is 0. The van der Waals surface area contributed by atoms with Crippen LogP contribution in [-0.4, -0.2) is 24.6 Å². The van der Waals surface area contributed by atoms with Crippen LogP contribution < -0.4 is 4.80 Å². The van der Waals surface area contributed by atoms with Gasteiger partial charge in [-0.15, -0.1) is 0 Å². The van der Waals surface area contributed by atoms with Crippen LogP contribution in [0.3, 0.4) is 0 Å². The molecule has 0 unspecified atom stereocenters. The molecule has 3 aromatic rings. The second-order valence-corrected chi connectivity index (χ2v) is 9.10. The Balaban J connectivity index is 2.02. The number of thiazole rings is 1. The van der Waals surface area contributed by atoms with Gasteiger partial charge in [0.2, 0.25) is 0 Å². The summed E-state index contributed by atoms with van der Waals surface area (Å²) in [4.78, 5) is 17.1. The topological polar surface area (TPSA) is 68.5 Å². The van der Waals surface area contributed by atoms with Crippen LogP contribution in [0.2, 0.25) is 0 Å². The lowest BCUT2D eigenvalue weighted by atomic mass is 10.1. The van der Waals surface area contributed by atoms with E-state index in [0.717, 1.165) is 21.3 Å². The number of sulfone groups is 1. The van der Waals surface area contributed by atoms with Crippen molar-refractivity contribution in [1.29, 1.82) is 0 Å². The van der Waals surface area contributed by atoms with E-state index < -0.39 is 21.5 Å². The number of aryl methyl sites for hydroxylation is 3. The van der Waals surface area contributed by atoms with Crippen molar-refractivity contribution in [2.45, 2.75) is 32.2 Å². The van der Waals surface area contributed by atoms with Crippen LogP contribution >= 0.6 is 11.3 Å². The summed E-state index contributed by atoms with van der Waals surface area (Å²) < 4.78 is 27.8. The third-order valence-corrected chi connectivity index (χ3v) is 6.91. The number of amides is 1. The second-order valence-electron chi connectivity index (χ2n) is 6.14. The Morgan fingerprint density at radius 2 is 1.85 bits per heavy atom. The molecule has 1 amide bonds. The fraction of sp³-hybridized carbons (Fsp3) is 0.263. The smallest absolute Gasteiger partial charge is 0.263 e. The number of nitrogens with zero attached hydrogens (tertiary/aromatic N) is 2. The van der Waals surface area contributed by atoms with E-state index in [1.807, 2.05) is 25.3 Å². The van der Waals surface area contributed by atoms with Crippen LogP contribution in [0.25, 0.3) is 10.2 Å². The Morgan fingerprint density at radius 1 is 1.15 bits per heavy atom. The highest BCUT2D eigenvalue weighted by atomic mass is 32.2. The quantitative estimate of drug-likeness (QED) is 0.689. The number of fused-ring (bicyclic) bond motifs is 1. The van der Waals surface area contributed by atoms with Gasteiger partial charge in [-0.3, -0.25) is 4.79 Å². The molecular weight excluding hydrogens is 368 g/mol. The molecule has 0 saturated heterocycles. The molecule has 0 aliphatic heterocycles. The van der Waals surface area contributed by atoms with Gasteiger partial charge in [0.25, 0.3) is 5.91 Å². The molecule has 0 atom stereocenters. The highest BCUT2D eigenvalue weighted by Crippen LogP contribution is 2.23. The normalized spacial score (nSPS) is 12.7. The first-order valence-corrected chi connectivity index (χ1v) is 10.7. The van der Waals surface area contributed by atoms with Crippen LogP contribution in [0.1, 0.15) is 18.1 Å². The number of aromatic nitrogens is 1. The molecule has 0 spiro atoms. The van der Waals surface area contributed by atoms with E-state index >= 15 is 0 Å². The van der Waals surface area contributed by atoms with Gasteiger partial charge in [0, 0.05) is 6.54 Å². The summed E-state index contributed by atoms with van der Waals surface area (Å²) in [5.41, 5.74) is 3.28. The maximum Gasteiger partial charge on any atom is 0.263 e. The number of carbonyl (C=O) groups excluding carboxylic acids is 1. The maximum absolute atomic E-state index is 12.4. The molecular formula is C19H20N2O3S2. The standard InChI is InChI=1S/C19H20N2O3S2/c1-4-21-16-11-13(2)10-14(3)18(16)25-19(21)20-17(22)12-26(23,24)15-8-6-5-7-9-15/h5-11H,4,12H2,1-3H3. The highest BCUT2D eigenvalue weighted by molar-refractivity contribution is 7.92. The summed E-state index contributed by atoms with van der Waals surface area (Å²) in [7, 11) is -3.69. The largest absolute Gasteiger partial charge is 0.317 e. The minimum absolute atomic E-state index is 0.134. The van der Waals surface area contributed by atoms with Gasteiger partial charge >= 0.3 is 0 Å². The fourth-order valence-electron chi connectivity index (χ4n) is 2.92. The third-order valence-electron chi connectivity index (χ3n) is 4.07. The summed E-state index contributed by atoms with van der Waals surface area (Å²) >= 11 is 1.41. The lowest BCUT2D eigenvalue weighted by Gasteiger charge is -2.03. The highest BCUT2D eigenvalue weighted by Gasteiger charge is 2.19. The van der Waals surface area contributed by atoms with E-state index in [4.69, 9.17) is 0 Å². The minimum Gasteiger partial charge on any atom is -0.317 e. The van der Waals surface area contributed by atoms with Crippen LogP contribution in [0.5, 0.6) is 0 Å². The van der Waals surface area contributed by atoms with Crippen LogP contribution in [0, 0.1) is 13.8 Å². The second kappa shape index (κ2) is 7.17. The van der Waals surface area contributed by atoms with E-state index in [9.17, 15) is 13.2 Å². The van der Waals surface area contributed by atoms with Gasteiger partial charge in [0.05, 0.1) is 15.1 Å². The predicted octanol–water partition coefficient (Wildman–Crippen LogP) is 3.24. The lowest BCUT2D eigenvalue weighted by molar-refractivity contribution is -0.115. The zero-order valence-electron chi connectivity index (χ0n) is 14.9. The van der Waals surface area contributed by atoms with Gasteiger partial charge in [-0.2, -0.15) is 4.99 Å². The third kappa shape index (κ3) is 3.64. The summed E-state index contributed by atoms with van der Waals surface area (Å²) in [6.45, 7) is 6.68. The molecule has 5 nitrogen and oxygen atoms in total. The van der Waals surface area contributed by atoms with Crippen molar-refractivity contribution >= 4 is 37.3 Å². The lowest BCUT2D eigenvalue weighted by Crippen LogP contribution is -2.20. The predicted molar refractivity (Wildman–Crippen MR) is 104 cm³/mol. The summed E-state index contributed by atoms with van der Waals surface area (Å²) in [6.07, 6.45) is 0. The van der Waals surface area contributed by atoms with E-state index in [1.165, 1.54) is 23.5 Å². The molecule has 7 heteroatoms. The van der Waals surface area contributed by atoms with Crippen LogP contribution in [-0.2, 0) is 21.2 Å². The monoisotopic (exact) mass is 388 g/mol. The molecule has 26 heavy (non-hydrogen) atoms. The first-order chi connectivity index (χ1) is 12.3. The molecule has 3 rings (SSSR count). The summed E-state index contributed by atoms with van der Waals surface area (Å²) in [5.74, 6) is -1.29. The summed E-state index contributed by atoms with van der Waals surface area (Å²) in [5, 5.41) is 0. The van der Waals surface area contributed by atoms with Gasteiger partial charge in [0.15, 0.2) is 14.6 Å². The summed E-state index contributed by atoms with van der Waals surface area (Å²) in [6, 6.07) is 12.1. The molecule has 1 heterocycles. The van der Waals surface area contributed by atoms with Crippen molar-refractivity contribution in [3.05, 3.63) is 58.4 Å². The SMILES string of the molecule is CCn1c(=NC(=O)CS(=O)(=O)c2ccccc2)sc2c(C)cc(C)cc21. The first kappa shape index (κ1) is 18.5. The Kier molecular flexibility index (Phi) is 5.11. The van der Waals surface area contributed by atoms with Gasteiger partial charge in [-0.05, 0) is 50.1 Å². The molecule has 0 radical (unpaired) electrons. The molecule has 1 aromatic heterocycles. The average Bonchev–Trinajstić information content (AvgIpc) is 2.92. The van der Waals surface area contributed by atoms with E-state index in [-0.39, 0.29) is 4.90 Å². The number of benzene rings is 2. The Bertz CT molecular complexity index is 1140. The molecule has 2 aromatic carbocycles. The zero-order chi connectivity index (χ0) is 18.9. The average molecular weight is 389 g/mol. The van der Waals surface area contributed by atoms with Crippen molar-refractivity contribution in [3.63, 3.8) is 0 Å². The number of rotatable bonds is 4. The number of carbonyl (C=O) groups is 1. The van der Waals surface area contributed by atoms with Crippen molar-refractivity contribution < 1.29 is 13.2 Å². The first-order valence-electron chi connectivity index (χ1n) is 8.28. The molecule has 0 aliphatic rings. The molecule has 0 N–H and O–H groups in total. The van der Waals surface area contributed by atoms with Crippen LogP contribution in [0.15, 0.2) is 52.4 Å². The Labute approximate surface area is 156 Å². The Hall–Kier alpha value is -2.25. The van der Waals surface area contributed by atoms with E-state index in [0.29, 0.717) is 11.3 Å². The van der Waals surface area contributed by atoms with Gasteiger partial charge in [-0.1, -0.05) is 35.6 Å². The zero-order valence-corrected chi connectivity index (χ0v) is 16.5. The van der Waals surface area contributed by atoms with Gasteiger partial charge < -0.3 is 4.57 Å². The van der Waals surface area contributed by atoms with Crippen molar-refractivity contribution in [1.82, 2.24) is 4.57 Å². The molecule has 0 bridgehead atoms. The minimum atomic E-state index is -3.69. The van der Waals surface area contributed by atoms with Crippen molar-refractivity contribution in [2.24, 2.45) is 4.99 Å². The van der Waals surface area contributed by atoms with Crippen molar-refractivity contribution in [2.75, 3.05) is 5.75 Å². The molecule has 136 valence electrons. The fourth-order valence-corrected chi connectivity index (χ4v) is 5.21. The van der Waals surface area contributed by atoms with Crippen LogP contribution in [0.4, 0.5) is 0 Å². The van der Waals surface area contributed by atoms with E-state index in [2.05, 4.69) is 17.1 Å². The number of hydrogen-bond acceptors (Lipinski definition) is 4. The van der Waals surface area contributed by atoms with Crippen molar-refractivity contribution in [3.8, 4) is 0 Å². The van der Waals surface area contributed by atoms with Gasteiger partial charge in [-0.25, -0.2) is 8.42 Å². The Morgan fingerprint density at radius 3 is 2.50 bits per heavy atom.